The monoisotopic (exact) mass is 389 g/mol. The summed E-state index contributed by atoms with van der Waals surface area (Å²) in [5, 5.41) is 17.4. The molecule has 27 heavy (non-hydrogen) atoms. The van der Waals surface area contributed by atoms with Crippen molar-refractivity contribution in [2.75, 3.05) is 0 Å². The quantitative estimate of drug-likeness (QED) is 0.820. The van der Waals surface area contributed by atoms with Crippen LogP contribution in [0, 0.1) is 19.8 Å². The number of nitrogens with one attached hydrogen (secondary N) is 1. The van der Waals surface area contributed by atoms with Gasteiger partial charge < -0.3 is 10.4 Å². The zero-order valence-electron chi connectivity index (χ0n) is 15.5. The molecule has 7 heteroatoms. The minimum Gasteiger partial charge on any atom is -0.481 e. The third kappa shape index (κ3) is 4.50. The minimum atomic E-state index is -0.736. The van der Waals surface area contributed by atoms with E-state index in [-0.39, 0.29) is 24.3 Å². The van der Waals surface area contributed by atoms with Crippen LogP contribution in [0.15, 0.2) is 24.3 Å². The molecular formula is C20H24ClN3O3. The van der Waals surface area contributed by atoms with Gasteiger partial charge >= 0.3 is 5.97 Å². The van der Waals surface area contributed by atoms with Gasteiger partial charge in [-0.2, -0.15) is 5.10 Å². The van der Waals surface area contributed by atoms with Crippen LogP contribution >= 0.6 is 11.6 Å². The molecule has 0 bridgehead atoms. The first-order valence-electron chi connectivity index (χ1n) is 9.18. The summed E-state index contributed by atoms with van der Waals surface area (Å²) in [5.41, 5.74) is 3.58. The van der Waals surface area contributed by atoms with E-state index < -0.39 is 5.97 Å². The van der Waals surface area contributed by atoms with Crippen LogP contribution in [0.4, 0.5) is 0 Å². The summed E-state index contributed by atoms with van der Waals surface area (Å²) in [6.07, 6.45) is 2.93. The van der Waals surface area contributed by atoms with E-state index in [0.29, 0.717) is 30.7 Å². The Morgan fingerprint density at radius 1 is 1.19 bits per heavy atom. The van der Waals surface area contributed by atoms with Gasteiger partial charge in [-0.3, -0.25) is 9.59 Å². The fraction of sp³-hybridized carbons (Fsp3) is 0.450. The van der Waals surface area contributed by atoms with E-state index in [4.69, 9.17) is 16.7 Å². The minimum absolute atomic E-state index is 0.0457. The molecule has 6 nitrogen and oxygen atoms in total. The van der Waals surface area contributed by atoms with Gasteiger partial charge in [0, 0.05) is 22.3 Å². The molecule has 0 aliphatic heterocycles. The fourth-order valence-electron chi connectivity index (χ4n) is 3.69. The molecule has 2 aromatic rings. The molecule has 2 N–H and O–H groups in total. The van der Waals surface area contributed by atoms with Gasteiger partial charge in [-0.05, 0) is 63.8 Å². The first-order chi connectivity index (χ1) is 12.8. The second-order valence-electron chi connectivity index (χ2n) is 7.17. The largest absolute Gasteiger partial charge is 0.481 e. The molecule has 144 valence electrons. The molecule has 1 amide bonds. The summed E-state index contributed by atoms with van der Waals surface area (Å²) in [5.74, 6) is -1.06. The number of carboxylic acid groups (broad SMARTS) is 1. The van der Waals surface area contributed by atoms with Gasteiger partial charge in [0.25, 0.3) is 0 Å². The average molecular weight is 390 g/mol. The third-order valence-corrected chi connectivity index (χ3v) is 5.54. The van der Waals surface area contributed by atoms with Crippen molar-refractivity contribution in [1.82, 2.24) is 15.1 Å². The van der Waals surface area contributed by atoms with Crippen LogP contribution < -0.4 is 5.32 Å². The highest BCUT2D eigenvalue weighted by molar-refractivity contribution is 6.30. The molecule has 1 aromatic carbocycles. The van der Waals surface area contributed by atoms with Gasteiger partial charge in [0.2, 0.25) is 5.91 Å². The maximum Gasteiger partial charge on any atom is 0.306 e. The Morgan fingerprint density at radius 3 is 2.41 bits per heavy atom. The second-order valence-corrected chi connectivity index (χ2v) is 7.61. The summed E-state index contributed by atoms with van der Waals surface area (Å²) in [6, 6.07) is 7.47. The smallest absolute Gasteiger partial charge is 0.306 e. The lowest BCUT2D eigenvalue weighted by atomic mass is 9.86. The number of carbonyl (C=O) groups excluding carboxylic acids is 1. The van der Waals surface area contributed by atoms with E-state index in [0.717, 1.165) is 22.6 Å². The van der Waals surface area contributed by atoms with Crippen LogP contribution in [-0.4, -0.2) is 32.8 Å². The van der Waals surface area contributed by atoms with E-state index in [9.17, 15) is 9.59 Å². The van der Waals surface area contributed by atoms with Gasteiger partial charge in [-0.15, -0.1) is 0 Å². The van der Waals surface area contributed by atoms with Gasteiger partial charge in [-0.25, -0.2) is 4.68 Å². The van der Waals surface area contributed by atoms with Gasteiger partial charge in [0.1, 0.15) is 0 Å². The number of aryl methyl sites for hydroxylation is 1. The molecule has 0 atom stereocenters. The number of halogens is 1. The molecule has 1 aliphatic rings. The Labute approximate surface area is 163 Å². The van der Waals surface area contributed by atoms with Crippen molar-refractivity contribution in [2.45, 2.75) is 52.0 Å². The summed E-state index contributed by atoms with van der Waals surface area (Å²) in [7, 11) is 0. The van der Waals surface area contributed by atoms with Crippen LogP contribution in [0.3, 0.4) is 0 Å². The first kappa shape index (κ1) is 19.4. The van der Waals surface area contributed by atoms with Crippen molar-refractivity contribution in [3.63, 3.8) is 0 Å². The van der Waals surface area contributed by atoms with Gasteiger partial charge in [0.05, 0.1) is 23.7 Å². The SMILES string of the molecule is Cc1nn(-c2ccc(Cl)cc2)c(C)c1CC(=O)NC1CCC(C(=O)O)CC1. The summed E-state index contributed by atoms with van der Waals surface area (Å²) in [4.78, 5) is 23.5. The molecular weight excluding hydrogens is 366 g/mol. The molecule has 0 saturated heterocycles. The number of hydrogen-bond acceptors (Lipinski definition) is 3. The van der Waals surface area contributed by atoms with Crippen LogP contribution in [0.25, 0.3) is 5.69 Å². The van der Waals surface area contributed by atoms with Crippen molar-refractivity contribution < 1.29 is 14.7 Å². The standard InChI is InChI=1S/C20H24ClN3O3/c1-12-18(13(2)24(23-12)17-9-5-15(21)6-10-17)11-19(25)22-16-7-3-14(4-8-16)20(26)27/h5-6,9-10,14,16H,3-4,7-8,11H2,1-2H3,(H,22,25)(H,26,27). The van der Waals surface area contributed by atoms with E-state index in [1.54, 1.807) is 0 Å². The normalized spacial score (nSPS) is 19.7. The van der Waals surface area contributed by atoms with E-state index in [1.807, 2.05) is 42.8 Å². The third-order valence-electron chi connectivity index (χ3n) is 5.29. The Kier molecular flexibility index (Phi) is 5.85. The molecule has 1 aromatic heterocycles. The molecule has 3 rings (SSSR count). The summed E-state index contributed by atoms with van der Waals surface area (Å²) in [6.45, 7) is 3.86. The van der Waals surface area contributed by atoms with Gasteiger partial charge in [-0.1, -0.05) is 11.6 Å². The zero-order valence-corrected chi connectivity index (χ0v) is 16.3. The highest BCUT2D eigenvalue weighted by atomic mass is 35.5. The number of benzene rings is 1. The number of aromatic nitrogens is 2. The topological polar surface area (TPSA) is 84.2 Å². The number of rotatable bonds is 5. The average Bonchev–Trinajstić information content (AvgIpc) is 2.91. The van der Waals surface area contributed by atoms with Crippen molar-refractivity contribution in [3.8, 4) is 5.69 Å². The number of carbonyl (C=O) groups is 2. The van der Waals surface area contributed by atoms with Crippen LogP contribution in [0.1, 0.15) is 42.6 Å². The van der Waals surface area contributed by atoms with Crippen molar-refractivity contribution in [3.05, 3.63) is 46.2 Å². The number of amides is 1. The van der Waals surface area contributed by atoms with E-state index in [1.165, 1.54) is 0 Å². The van der Waals surface area contributed by atoms with Crippen molar-refractivity contribution >= 4 is 23.5 Å². The van der Waals surface area contributed by atoms with Crippen molar-refractivity contribution in [2.24, 2.45) is 5.92 Å². The lowest BCUT2D eigenvalue weighted by Crippen LogP contribution is -2.39. The molecule has 1 heterocycles. The van der Waals surface area contributed by atoms with Crippen LogP contribution in [-0.2, 0) is 16.0 Å². The maximum absolute atomic E-state index is 12.5. The maximum atomic E-state index is 12.5. The molecule has 1 saturated carbocycles. The van der Waals surface area contributed by atoms with E-state index in [2.05, 4.69) is 10.4 Å². The fourth-order valence-corrected chi connectivity index (χ4v) is 3.81. The highest BCUT2D eigenvalue weighted by Crippen LogP contribution is 2.25. The molecule has 0 radical (unpaired) electrons. The second kappa shape index (κ2) is 8.13. The highest BCUT2D eigenvalue weighted by Gasteiger charge is 2.27. The van der Waals surface area contributed by atoms with Crippen molar-refractivity contribution in [1.29, 1.82) is 0 Å². The predicted molar refractivity (Wildman–Crippen MR) is 103 cm³/mol. The Hall–Kier alpha value is -2.34. The first-order valence-corrected chi connectivity index (χ1v) is 9.56. The lowest BCUT2D eigenvalue weighted by Gasteiger charge is -2.26. The molecule has 0 unspecified atom stereocenters. The molecule has 1 aliphatic carbocycles. The lowest BCUT2D eigenvalue weighted by molar-refractivity contribution is -0.142. The Balaban J connectivity index is 1.65. The number of aliphatic carboxylic acids is 1. The molecule has 0 spiro atoms. The number of carboxylic acids is 1. The molecule has 1 fully saturated rings. The van der Waals surface area contributed by atoms with Crippen LogP contribution in [0.2, 0.25) is 5.02 Å². The summed E-state index contributed by atoms with van der Waals surface area (Å²) < 4.78 is 1.83. The van der Waals surface area contributed by atoms with E-state index >= 15 is 0 Å². The number of nitrogens with zero attached hydrogens (tertiary/aromatic N) is 2. The zero-order chi connectivity index (χ0) is 19.6. The number of hydrogen-bond donors (Lipinski definition) is 2. The summed E-state index contributed by atoms with van der Waals surface area (Å²) >= 11 is 5.95. The van der Waals surface area contributed by atoms with Gasteiger partial charge in [0.15, 0.2) is 0 Å². The Morgan fingerprint density at radius 2 is 1.81 bits per heavy atom. The van der Waals surface area contributed by atoms with Crippen LogP contribution in [0.5, 0.6) is 0 Å². The predicted octanol–water partition coefficient (Wildman–Crippen LogP) is 3.44. The Bertz CT molecular complexity index is 837.